The summed E-state index contributed by atoms with van der Waals surface area (Å²) in [5.74, 6) is -1.60. The van der Waals surface area contributed by atoms with Crippen LogP contribution >= 0.6 is 0 Å². The van der Waals surface area contributed by atoms with Gasteiger partial charge in [0.05, 0.1) is 6.42 Å². The third-order valence-electron chi connectivity index (χ3n) is 2.55. The van der Waals surface area contributed by atoms with Crippen molar-refractivity contribution in [2.24, 2.45) is 0 Å². The van der Waals surface area contributed by atoms with Gasteiger partial charge in [0.25, 0.3) is 11.8 Å². The number of hydrogen-bond donors (Lipinski definition) is 3. The maximum atomic E-state index is 11.8. The maximum Gasteiger partial charge on any atom is 0.305 e. The molecule has 0 bridgehead atoms. The van der Waals surface area contributed by atoms with E-state index in [-0.39, 0.29) is 18.9 Å². The molecule has 0 heterocycles. The Hall–Kier alpha value is -2.37. The van der Waals surface area contributed by atoms with E-state index in [1.54, 1.807) is 18.2 Å². The highest BCUT2D eigenvalue weighted by Gasteiger charge is 2.10. The van der Waals surface area contributed by atoms with Crippen molar-refractivity contribution >= 4 is 17.8 Å². The SMILES string of the molecule is CCCNC(=O)c1cccc(C(=O)NCCC(=O)O)c1. The Morgan fingerprint density at radius 1 is 1.05 bits per heavy atom. The second-order valence-electron chi connectivity index (χ2n) is 4.24. The zero-order chi connectivity index (χ0) is 15.0. The van der Waals surface area contributed by atoms with Crippen molar-refractivity contribution in [1.29, 1.82) is 0 Å². The molecule has 0 aromatic heterocycles. The fourth-order valence-corrected chi connectivity index (χ4v) is 1.53. The highest BCUT2D eigenvalue weighted by atomic mass is 16.4. The van der Waals surface area contributed by atoms with Crippen LogP contribution < -0.4 is 10.6 Å². The molecule has 3 N–H and O–H groups in total. The molecular weight excluding hydrogens is 260 g/mol. The quantitative estimate of drug-likeness (QED) is 0.694. The minimum Gasteiger partial charge on any atom is -0.481 e. The van der Waals surface area contributed by atoms with E-state index in [0.29, 0.717) is 17.7 Å². The molecule has 108 valence electrons. The van der Waals surface area contributed by atoms with E-state index in [2.05, 4.69) is 10.6 Å². The van der Waals surface area contributed by atoms with Crippen LogP contribution in [0.3, 0.4) is 0 Å². The van der Waals surface area contributed by atoms with E-state index in [9.17, 15) is 14.4 Å². The van der Waals surface area contributed by atoms with Gasteiger partial charge in [-0.3, -0.25) is 14.4 Å². The van der Waals surface area contributed by atoms with Crippen LogP contribution in [0.2, 0.25) is 0 Å². The Balaban J connectivity index is 2.64. The zero-order valence-electron chi connectivity index (χ0n) is 11.3. The first-order chi connectivity index (χ1) is 9.54. The molecule has 0 unspecified atom stereocenters. The summed E-state index contributed by atoms with van der Waals surface area (Å²) < 4.78 is 0. The molecule has 0 aliphatic rings. The van der Waals surface area contributed by atoms with Crippen molar-refractivity contribution in [3.63, 3.8) is 0 Å². The Bertz CT molecular complexity index is 500. The van der Waals surface area contributed by atoms with E-state index in [4.69, 9.17) is 5.11 Å². The van der Waals surface area contributed by atoms with Gasteiger partial charge in [0.1, 0.15) is 0 Å². The third-order valence-corrected chi connectivity index (χ3v) is 2.55. The van der Waals surface area contributed by atoms with Crippen molar-refractivity contribution in [3.05, 3.63) is 35.4 Å². The van der Waals surface area contributed by atoms with Gasteiger partial charge in [-0.25, -0.2) is 0 Å². The van der Waals surface area contributed by atoms with Gasteiger partial charge in [0.2, 0.25) is 0 Å². The Morgan fingerprint density at radius 2 is 1.60 bits per heavy atom. The van der Waals surface area contributed by atoms with E-state index >= 15 is 0 Å². The average Bonchev–Trinajstić information content (AvgIpc) is 2.44. The summed E-state index contributed by atoms with van der Waals surface area (Å²) in [6.07, 6.45) is 0.698. The second kappa shape index (κ2) is 7.93. The largest absolute Gasteiger partial charge is 0.481 e. The third kappa shape index (κ3) is 5.09. The number of benzene rings is 1. The zero-order valence-corrected chi connectivity index (χ0v) is 11.3. The summed E-state index contributed by atoms with van der Waals surface area (Å²) >= 11 is 0. The fourth-order valence-electron chi connectivity index (χ4n) is 1.53. The molecule has 1 aromatic carbocycles. The minimum absolute atomic E-state index is 0.0560. The normalized spacial score (nSPS) is 9.85. The topological polar surface area (TPSA) is 95.5 Å². The van der Waals surface area contributed by atoms with Gasteiger partial charge < -0.3 is 15.7 Å². The van der Waals surface area contributed by atoms with E-state index in [0.717, 1.165) is 6.42 Å². The Kier molecular flexibility index (Phi) is 6.22. The number of carbonyl (C=O) groups excluding carboxylic acids is 2. The van der Waals surface area contributed by atoms with Crippen LogP contribution in [0.25, 0.3) is 0 Å². The smallest absolute Gasteiger partial charge is 0.305 e. The maximum absolute atomic E-state index is 11.8. The first kappa shape index (κ1) is 15.7. The number of carbonyl (C=O) groups is 3. The van der Waals surface area contributed by atoms with Gasteiger partial charge in [-0.05, 0) is 24.6 Å². The number of nitrogens with one attached hydrogen (secondary N) is 2. The average molecular weight is 278 g/mol. The molecule has 0 fully saturated rings. The number of amides is 2. The van der Waals surface area contributed by atoms with Crippen LogP contribution in [-0.4, -0.2) is 36.0 Å². The molecule has 0 aliphatic carbocycles. The van der Waals surface area contributed by atoms with Crippen LogP contribution in [0.4, 0.5) is 0 Å². The van der Waals surface area contributed by atoms with Gasteiger partial charge in [-0.2, -0.15) is 0 Å². The molecule has 2 amide bonds. The lowest BCUT2D eigenvalue weighted by Gasteiger charge is -2.06. The highest BCUT2D eigenvalue weighted by Crippen LogP contribution is 2.05. The molecule has 0 aliphatic heterocycles. The molecule has 6 heteroatoms. The Morgan fingerprint density at radius 3 is 2.10 bits per heavy atom. The van der Waals surface area contributed by atoms with Gasteiger partial charge in [-0.1, -0.05) is 13.0 Å². The van der Waals surface area contributed by atoms with E-state index < -0.39 is 11.9 Å². The van der Waals surface area contributed by atoms with Gasteiger partial charge in [-0.15, -0.1) is 0 Å². The standard InChI is InChI=1S/C14H18N2O4/c1-2-7-15-13(19)10-4-3-5-11(9-10)14(20)16-8-6-12(17)18/h3-5,9H,2,6-8H2,1H3,(H,15,19)(H,16,20)(H,17,18). The first-order valence-corrected chi connectivity index (χ1v) is 6.43. The van der Waals surface area contributed by atoms with Crippen LogP contribution in [0.15, 0.2) is 24.3 Å². The van der Waals surface area contributed by atoms with Crippen LogP contribution in [0.5, 0.6) is 0 Å². The lowest BCUT2D eigenvalue weighted by molar-refractivity contribution is -0.136. The van der Waals surface area contributed by atoms with Gasteiger partial charge in [0, 0.05) is 24.2 Å². The lowest BCUT2D eigenvalue weighted by atomic mass is 10.1. The summed E-state index contributed by atoms with van der Waals surface area (Å²) in [7, 11) is 0. The summed E-state index contributed by atoms with van der Waals surface area (Å²) in [6.45, 7) is 2.58. The number of hydrogen-bond acceptors (Lipinski definition) is 3. The molecule has 1 rings (SSSR count). The Labute approximate surface area is 117 Å². The van der Waals surface area contributed by atoms with Crippen LogP contribution in [0.1, 0.15) is 40.5 Å². The molecule has 0 saturated carbocycles. The van der Waals surface area contributed by atoms with Crippen molar-refractivity contribution in [2.75, 3.05) is 13.1 Å². The summed E-state index contributed by atoms with van der Waals surface area (Å²) in [5, 5.41) is 13.7. The molecule has 6 nitrogen and oxygen atoms in total. The predicted molar refractivity (Wildman–Crippen MR) is 73.7 cm³/mol. The lowest BCUT2D eigenvalue weighted by Crippen LogP contribution is -2.27. The number of rotatable bonds is 7. The summed E-state index contributed by atoms with van der Waals surface area (Å²) in [4.78, 5) is 33.9. The fraction of sp³-hybridized carbons (Fsp3) is 0.357. The van der Waals surface area contributed by atoms with E-state index in [1.165, 1.54) is 6.07 Å². The molecule has 0 saturated heterocycles. The van der Waals surface area contributed by atoms with Gasteiger partial charge in [0.15, 0.2) is 0 Å². The van der Waals surface area contributed by atoms with Gasteiger partial charge >= 0.3 is 5.97 Å². The number of aliphatic carboxylic acids is 1. The molecule has 1 aromatic rings. The highest BCUT2D eigenvalue weighted by molar-refractivity contribution is 5.99. The van der Waals surface area contributed by atoms with Crippen molar-refractivity contribution in [2.45, 2.75) is 19.8 Å². The summed E-state index contributed by atoms with van der Waals surface area (Å²) in [5.41, 5.74) is 0.740. The first-order valence-electron chi connectivity index (χ1n) is 6.43. The molecule has 0 spiro atoms. The number of carboxylic acids is 1. The number of carboxylic acid groups (broad SMARTS) is 1. The van der Waals surface area contributed by atoms with Crippen LogP contribution in [0, 0.1) is 0 Å². The summed E-state index contributed by atoms with van der Waals surface area (Å²) in [6, 6.07) is 6.31. The molecule has 0 radical (unpaired) electrons. The van der Waals surface area contributed by atoms with Crippen molar-refractivity contribution < 1.29 is 19.5 Å². The molecule has 20 heavy (non-hydrogen) atoms. The molecule has 0 atom stereocenters. The van der Waals surface area contributed by atoms with Crippen molar-refractivity contribution in [1.82, 2.24) is 10.6 Å². The molecular formula is C14H18N2O4. The minimum atomic E-state index is -0.974. The predicted octanol–water partition coefficient (Wildman–Crippen LogP) is 1.03. The van der Waals surface area contributed by atoms with Crippen LogP contribution in [-0.2, 0) is 4.79 Å². The monoisotopic (exact) mass is 278 g/mol. The second-order valence-corrected chi connectivity index (χ2v) is 4.24. The van der Waals surface area contributed by atoms with E-state index in [1.807, 2.05) is 6.92 Å². The van der Waals surface area contributed by atoms with Crippen molar-refractivity contribution in [3.8, 4) is 0 Å².